The maximum atomic E-state index is 9.55. The summed E-state index contributed by atoms with van der Waals surface area (Å²) in [5.41, 5.74) is 8.35. The highest BCUT2D eigenvalue weighted by Crippen LogP contribution is 2.41. The van der Waals surface area contributed by atoms with Crippen LogP contribution in [0.4, 0.5) is 0 Å². The Morgan fingerprint density at radius 1 is 1.32 bits per heavy atom. The molecule has 0 amide bonds. The van der Waals surface area contributed by atoms with Gasteiger partial charge in [-0.3, -0.25) is 4.68 Å². The molecule has 8 heteroatoms. The van der Waals surface area contributed by atoms with E-state index in [1.54, 1.807) is 7.11 Å². The van der Waals surface area contributed by atoms with Gasteiger partial charge in [-0.2, -0.15) is 5.10 Å². The second-order valence-corrected chi connectivity index (χ2v) is 7.17. The number of aliphatic carboxylic acids is 2. The van der Waals surface area contributed by atoms with E-state index in [4.69, 9.17) is 20.7 Å². The number of carboxylic acid groups (broad SMARTS) is 2. The molecule has 0 saturated carbocycles. The molecule has 0 spiro atoms. The molecule has 0 aliphatic heterocycles. The van der Waals surface area contributed by atoms with E-state index < -0.39 is 11.9 Å². The largest absolute Gasteiger partial charge is 0.496 e. The molecule has 1 aromatic heterocycles. The second-order valence-electron chi connectivity index (χ2n) is 7.17. The van der Waals surface area contributed by atoms with Crippen LogP contribution >= 0.6 is 0 Å². The maximum absolute atomic E-state index is 9.55. The van der Waals surface area contributed by atoms with E-state index in [1.807, 2.05) is 17.8 Å². The zero-order valence-electron chi connectivity index (χ0n) is 16.3. The van der Waals surface area contributed by atoms with Crippen LogP contribution in [-0.2, 0) is 20.9 Å². The summed E-state index contributed by atoms with van der Waals surface area (Å²) in [5, 5.41) is 22.4. The Kier molecular flexibility index (Phi) is 6.25. The number of hydrogen-bond acceptors (Lipinski definition) is 5. The van der Waals surface area contributed by atoms with E-state index in [2.05, 4.69) is 37.2 Å². The quantitative estimate of drug-likeness (QED) is 0.623. The number of carbonyl (C=O) groups is 2. The number of ether oxygens (including phenoxy) is 1. The Labute approximate surface area is 162 Å². The zero-order chi connectivity index (χ0) is 21.1. The van der Waals surface area contributed by atoms with Crippen LogP contribution in [0.25, 0.3) is 11.6 Å². The van der Waals surface area contributed by atoms with Gasteiger partial charge in [0.25, 0.3) is 0 Å². The van der Waals surface area contributed by atoms with E-state index >= 15 is 0 Å². The standard InChI is InChI=1S/C16H21N3O.C4H4O4/c1-10(17)9-19-13-7-11-14(20-4)5-6-16(2,3)15(11)12(13)8-18-19;5-3(6)1-2-4(7)8/h5-8,10H,9,17H2,1-4H3;1-2H,(H,5,6)(H,7,8)/t10-;/m0./s1. The molecule has 150 valence electrons. The van der Waals surface area contributed by atoms with Crippen molar-refractivity contribution < 1.29 is 24.5 Å². The third kappa shape index (κ3) is 4.58. The minimum absolute atomic E-state index is 0.0126. The van der Waals surface area contributed by atoms with Crippen molar-refractivity contribution in [3.63, 3.8) is 0 Å². The fourth-order valence-electron chi connectivity index (χ4n) is 3.18. The number of fused-ring (bicyclic) bond motifs is 2. The SMILES string of the molecule is COC1=C2C=c3c(cnn3C[C@H](C)N)=C2C(C)(C)C=C1.O=C(O)C=CC(=O)O. The molecular weight excluding hydrogens is 362 g/mol. The maximum Gasteiger partial charge on any atom is 0.328 e. The molecule has 4 N–H and O–H groups in total. The van der Waals surface area contributed by atoms with Gasteiger partial charge in [0, 0.05) is 34.4 Å². The lowest BCUT2D eigenvalue weighted by atomic mass is 9.77. The monoisotopic (exact) mass is 387 g/mol. The summed E-state index contributed by atoms with van der Waals surface area (Å²) in [5.74, 6) is -1.59. The smallest absolute Gasteiger partial charge is 0.328 e. The molecule has 1 aromatic rings. The predicted octanol–water partition coefficient (Wildman–Crippen LogP) is 0.383. The summed E-state index contributed by atoms with van der Waals surface area (Å²) in [6.07, 6.45) is 9.49. The van der Waals surface area contributed by atoms with Crippen LogP contribution in [0.5, 0.6) is 0 Å². The van der Waals surface area contributed by atoms with Crippen molar-refractivity contribution in [1.82, 2.24) is 9.78 Å². The average molecular weight is 387 g/mol. The first-order valence-electron chi connectivity index (χ1n) is 8.72. The number of methoxy groups -OCH3 is 1. The van der Waals surface area contributed by atoms with E-state index in [9.17, 15) is 9.59 Å². The molecule has 0 bridgehead atoms. The number of hydrogen-bond donors (Lipinski definition) is 3. The van der Waals surface area contributed by atoms with Crippen molar-refractivity contribution >= 4 is 23.6 Å². The first-order valence-corrected chi connectivity index (χ1v) is 8.72. The van der Waals surface area contributed by atoms with Crippen LogP contribution in [-0.4, -0.2) is 45.1 Å². The molecule has 8 nitrogen and oxygen atoms in total. The van der Waals surface area contributed by atoms with Gasteiger partial charge >= 0.3 is 11.9 Å². The van der Waals surface area contributed by atoms with E-state index in [-0.39, 0.29) is 11.5 Å². The summed E-state index contributed by atoms with van der Waals surface area (Å²) in [6.45, 7) is 7.16. The topological polar surface area (TPSA) is 128 Å². The lowest BCUT2D eigenvalue weighted by Crippen LogP contribution is -2.34. The summed E-state index contributed by atoms with van der Waals surface area (Å²) in [4.78, 5) is 19.1. The summed E-state index contributed by atoms with van der Waals surface area (Å²) in [6, 6.07) is 0.0852. The molecule has 3 rings (SSSR count). The Hall–Kier alpha value is -3.13. The Morgan fingerprint density at radius 3 is 2.43 bits per heavy atom. The van der Waals surface area contributed by atoms with Gasteiger partial charge in [-0.25, -0.2) is 9.59 Å². The third-order valence-electron chi connectivity index (χ3n) is 4.31. The molecule has 2 aliphatic rings. The lowest BCUT2D eigenvalue weighted by molar-refractivity contribution is -0.134. The number of carboxylic acids is 2. The van der Waals surface area contributed by atoms with E-state index in [0.717, 1.165) is 17.7 Å². The number of nitrogens with zero attached hydrogens (tertiary/aromatic N) is 2. The first-order chi connectivity index (χ1) is 13.1. The van der Waals surface area contributed by atoms with Gasteiger partial charge in [-0.15, -0.1) is 0 Å². The molecule has 0 unspecified atom stereocenters. The van der Waals surface area contributed by atoms with Crippen LogP contribution < -0.4 is 16.3 Å². The van der Waals surface area contributed by atoms with Gasteiger partial charge in [-0.1, -0.05) is 19.9 Å². The zero-order valence-corrected chi connectivity index (χ0v) is 16.3. The highest BCUT2D eigenvalue weighted by atomic mass is 16.5. The van der Waals surface area contributed by atoms with Crippen molar-refractivity contribution in [3.05, 3.63) is 52.4 Å². The highest BCUT2D eigenvalue weighted by Gasteiger charge is 2.32. The van der Waals surface area contributed by atoms with Gasteiger partial charge in [0.05, 0.1) is 25.2 Å². The van der Waals surface area contributed by atoms with Crippen LogP contribution in [0.1, 0.15) is 20.8 Å². The van der Waals surface area contributed by atoms with E-state index in [1.165, 1.54) is 16.4 Å². The van der Waals surface area contributed by atoms with Crippen LogP contribution in [0.2, 0.25) is 0 Å². The van der Waals surface area contributed by atoms with Crippen molar-refractivity contribution in [2.24, 2.45) is 11.1 Å². The molecule has 0 aromatic carbocycles. The van der Waals surface area contributed by atoms with Gasteiger partial charge in [0.2, 0.25) is 0 Å². The summed E-state index contributed by atoms with van der Waals surface area (Å²) >= 11 is 0. The number of nitrogens with two attached hydrogens (primary N) is 1. The molecule has 28 heavy (non-hydrogen) atoms. The van der Waals surface area contributed by atoms with Crippen LogP contribution in [0.3, 0.4) is 0 Å². The minimum atomic E-state index is -1.26. The number of rotatable bonds is 5. The normalized spacial score (nSPS) is 17.4. The highest BCUT2D eigenvalue weighted by molar-refractivity contribution is 5.89. The first kappa shape index (κ1) is 21.2. The summed E-state index contributed by atoms with van der Waals surface area (Å²) < 4.78 is 7.49. The molecule has 0 radical (unpaired) electrons. The van der Waals surface area contributed by atoms with Gasteiger partial charge in [0.1, 0.15) is 5.76 Å². The molecule has 0 saturated heterocycles. The van der Waals surface area contributed by atoms with Crippen molar-refractivity contribution in [2.75, 3.05) is 7.11 Å². The van der Waals surface area contributed by atoms with Crippen LogP contribution in [0, 0.1) is 5.41 Å². The van der Waals surface area contributed by atoms with Crippen molar-refractivity contribution in [2.45, 2.75) is 33.4 Å². The Morgan fingerprint density at radius 2 is 1.93 bits per heavy atom. The number of allylic oxidation sites excluding steroid dienone is 3. The molecule has 1 atom stereocenters. The molecule has 2 aliphatic carbocycles. The summed E-state index contributed by atoms with van der Waals surface area (Å²) in [7, 11) is 1.72. The fraction of sp³-hybridized carbons (Fsp3) is 0.350. The average Bonchev–Trinajstić information content (AvgIpc) is 3.14. The van der Waals surface area contributed by atoms with Gasteiger partial charge in [-0.05, 0) is 24.6 Å². The van der Waals surface area contributed by atoms with Crippen molar-refractivity contribution in [1.29, 1.82) is 0 Å². The third-order valence-corrected chi connectivity index (χ3v) is 4.31. The Balaban J connectivity index is 0.000000300. The van der Waals surface area contributed by atoms with Gasteiger partial charge < -0.3 is 20.7 Å². The molecular formula is C20H25N3O5. The van der Waals surface area contributed by atoms with Crippen LogP contribution in [0.15, 0.2) is 41.8 Å². The van der Waals surface area contributed by atoms with E-state index in [0.29, 0.717) is 12.2 Å². The molecule has 1 heterocycles. The molecule has 0 fully saturated rings. The second kappa shape index (κ2) is 8.26. The fourth-order valence-corrected chi connectivity index (χ4v) is 3.18. The minimum Gasteiger partial charge on any atom is -0.496 e. The lowest BCUT2D eigenvalue weighted by Gasteiger charge is -2.28. The predicted molar refractivity (Wildman–Crippen MR) is 104 cm³/mol. The van der Waals surface area contributed by atoms with Crippen molar-refractivity contribution in [3.8, 4) is 0 Å². The number of aromatic nitrogens is 2. The van der Waals surface area contributed by atoms with Gasteiger partial charge in [0.15, 0.2) is 0 Å². The Bertz CT molecular complexity index is 978.